The first-order valence-electron chi connectivity index (χ1n) is 8.46. The molecule has 1 aliphatic rings. The third-order valence-corrected chi connectivity index (χ3v) is 4.11. The summed E-state index contributed by atoms with van der Waals surface area (Å²) in [5, 5.41) is 2.99. The van der Waals surface area contributed by atoms with Crippen LogP contribution in [0.15, 0.2) is 30.3 Å². The summed E-state index contributed by atoms with van der Waals surface area (Å²) in [5.74, 6) is 1.56. The van der Waals surface area contributed by atoms with Crippen molar-refractivity contribution >= 4 is 12.0 Å². The number of carbonyl (C=O) groups is 1. The van der Waals surface area contributed by atoms with Gasteiger partial charge in [-0.25, -0.2) is 0 Å². The Kier molecular flexibility index (Phi) is 7.01. The minimum atomic E-state index is -0.00447. The third kappa shape index (κ3) is 5.92. The number of ether oxygens (including phenoxy) is 1. The molecule has 1 aliphatic carbocycles. The topological polar surface area (TPSA) is 38.3 Å². The summed E-state index contributed by atoms with van der Waals surface area (Å²) >= 11 is 0. The minimum Gasteiger partial charge on any atom is -0.494 e. The molecule has 22 heavy (non-hydrogen) atoms. The van der Waals surface area contributed by atoms with Gasteiger partial charge in [0.15, 0.2) is 0 Å². The van der Waals surface area contributed by atoms with Gasteiger partial charge in [0, 0.05) is 12.6 Å². The van der Waals surface area contributed by atoms with Crippen LogP contribution < -0.4 is 10.1 Å². The van der Waals surface area contributed by atoms with Crippen LogP contribution in [0.2, 0.25) is 0 Å². The molecule has 3 heteroatoms. The number of hydrogen-bond acceptors (Lipinski definition) is 2. The molecule has 0 heterocycles. The van der Waals surface area contributed by atoms with Gasteiger partial charge in [-0.1, -0.05) is 38.3 Å². The summed E-state index contributed by atoms with van der Waals surface area (Å²) in [4.78, 5) is 11.8. The van der Waals surface area contributed by atoms with Crippen molar-refractivity contribution in [2.75, 3.05) is 13.2 Å². The number of carbonyl (C=O) groups excluding carboxylic acids is 1. The van der Waals surface area contributed by atoms with Crippen molar-refractivity contribution in [3.8, 4) is 5.75 Å². The average Bonchev–Trinajstić information content (AvgIpc) is 3.06. The molecule has 0 spiro atoms. The van der Waals surface area contributed by atoms with Gasteiger partial charge in [0.2, 0.25) is 5.91 Å². The fraction of sp³-hybridized carbons (Fsp3) is 0.526. The van der Waals surface area contributed by atoms with Crippen LogP contribution in [0.25, 0.3) is 6.08 Å². The monoisotopic (exact) mass is 301 g/mol. The smallest absolute Gasteiger partial charge is 0.244 e. The van der Waals surface area contributed by atoms with E-state index >= 15 is 0 Å². The molecule has 0 aromatic heterocycles. The van der Waals surface area contributed by atoms with Crippen LogP contribution in [-0.2, 0) is 4.79 Å². The molecule has 2 rings (SSSR count). The summed E-state index contributed by atoms with van der Waals surface area (Å²) in [5.41, 5.74) is 1.01. The molecule has 1 amide bonds. The molecule has 1 fully saturated rings. The standard InChI is InChI=1S/C19H27NO2/c1-2-3-14-22-18-11-8-16(9-12-18)10-13-19(21)20-15-17-6-4-5-7-17/h8-13,17H,2-7,14-15H2,1H3,(H,20,21)/b13-10+. The summed E-state index contributed by atoms with van der Waals surface area (Å²) in [7, 11) is 0. The Morgan fingerprint density at radius 3 is 2.68 bits per heavy atom. The van der Waals surface area contributed by atoms with Crippen LogP contribution >= 0.6 is 0 Å². The molecule has 0 unspecified atom stereocenters. The van der Waals surface area contributed by atoms with E-state index in [1.54, 1.807) is 6.08 Å². The maximum absolute atomic E-state index is 11.8. The van der Waals surface area contributed by atoms with Crippen molar-refractivity contribution in [2.45, 2.75) is 45.4 Å². The highest BCUT2D eigenvalue weighted by Crippen LogP contribution is 2.23. The molecule has 0 aliphatic heterocycles. The second-order valence-electron chi connectivity index (χ2n) is 6.00. The largest absolute Gasteiger partial charge is 0.494 e. The van der Waals surface area contributed by atoms with Gasteiger partial charge in [0.05, 0.1) is 6.61 Å². The predicted molar refractivity (Wildman–Crippen MR) is 90.8 cm³/mol. The highest BCUT2D eigenvalue weighted by Gasteiger charge is 2.14. The fourth-order valence-electron chi connectivity index (χ4n) is 2.70. The molecule has 0 radical (unpaired) electrons. The lowest BCUT2D eigenvalue weighted by molar-refractivity contribution is -0.116. The Labute approximate surface area is 133 Å². The van der Waals surface area contributed by atoms with E-state index in [0.29, 0.717) is 5.92 Å². The quantitative estimate of drug-likeness (QED) is 0.577. The highest BCUT2D eigenvalue weighted by atomic mass is 16.5. The Morgan fingerprint density at radius 1 is 1.27 bits per heavy atom. The molecule has 1 N–H and O–H groups in total. The lowest BCUT2D eigenvalue weighted by Gasteiger charge is -2.08. The number of nitrogens with one attached hydrogen (secondary N) is 1. The van der Waals surface area contributed by atoms with Crippen molar-refractivity contribution in [3.05, 3.63) is 35.9 Å². The Hall–Kier alpha value is -1.77. The summed E-state index contributed by atoms with van der Waals surface area (Å²) in [6.07, 6.45) is 10.8. The third-order valence-electron chi connectivity index (χ3n) is 4.11. The SMILES string of the molecule is CCCCOc1ccc(/C=C/C(=O)NCC2CCCC2)cc1. The van der Waals surface area contributed by atoms with E-state index in [9.17, 15) is 4.79 Å². The van der Waals surface area contributed by atoms with Gasteiger partial charge < -0.3 is 10.1 Å². The van der Waals surface area contributed by atoms with Crippen molar-refractivity contribution in [1.82, 2.24) is 5.32 Å². The van der Waals surface area contributed by atoms with E-state index in [-0.39, 0.29) is 5.91 Å². The molecule has 0 atom stereocenters. The molecule has 1 aromatic carbocycles. The molecule has 0 saturated heterocycles. The van der Waals surface area contributed by atoms with Crippen LogP contribution in [0.4, 0.5) is 0 Å². The average molecular weight is 301 g/mol. The number of benzene rings is 1. The van der Waals surface area contributed by atoms with Crippen molar-refractivity contribution in [1.29, 1.82) is 0 Å². The zero-order valence-corrected chi connectivity index (χ0v) is 13.5. The normalized spacial score (nSPS) is 15.3. The predicted octanol–water partition coefficient (Wildman–Crippen LogP) is 4.19. The Morgan fingerprint density at radius 2 is 2.00 bits per heavy atom. The first-order valence-corrected chi connectivity index (χ1v) is 8.46. The molecule has 0 bridgehead atoms. The number of hydrogen-bond donors (Lipinski definition) is 1. The molecular formula is C19H27NO2. The van der Waals surface area contributed by atoms with E-state index in [2.05, 4.69) is 12.2 Å². The number of amides is 1. The van der Waals surface area contributed by atoms with E-state index in [1.807, 2.05) is 30.3 Å². The van der Waals surface area contributed by atoms with Crippen molar-refractivity contribution in [2.24, 2.45) is 5.92 Å². The lowest BCUT2D eigenvalue weighted by atomic mass is 10.1. The lowest BCUT2D eigenvalue weighted by Crippen LogP contribution is -2.26. The van der Waals surface area contributed by atoms with Gasteiger partial charge in [-0.05, 0) is 49.0 Å². The van der Waals surface area contributed by atoms with Gasteiger partial charge in [0.1, 0.15) is 5.75 Å². The summed E-state index contributed by atoms with van der Waals surface area (Å²) < 4.78 is 5.62. The van der Waals surface area contributed by atoms with E-state index in [1.165, 1.54) is 25.7 Å². The first kappa shape index (κ1) is 16.6. The molecule has 120 valence electrons. The van der Waals surface area contributed by atoms with Crippen LogP contribution in [0.1, 0.15) is 51.0 Å². The van der Waals surface area contributed by atoms with Crippen molar-refractivity contribution < 1.29 is 9.53 Å². The Balaban J connectivity index is 1.73. The molecule has 1 saturated carbocycles. The van der Waals surface area contributed by atoms with Gasteiger partial charge in [-0.3, -0.25) is 4.79 Å². The summed E-state index contributed by atoms with van der Waals surface area (Å²) in [6, 6.07) is 7.85. The number of rotatable bonds is 8. The zero-order valence-electron chi connectivity index (χ0n) is 13.5. The van der Waals surface area contributed by atoms with E-state index in [4.69, 9.17) is 4.74 Å². The van der Waals surface area contributed by atoms with E-state index < -0.39 is 0 Å². The Bertz CT molecular complexity index is 473. The highest BCUT2D eigenvalue weighted by molar-refractivity contribution is 5.91. The molecule has 1 aromatic rings. The van der Waals surface area contributed by atoms with Gasteiger partial charge >= 0.3 is 0 Å². The zero-order chi connectivity index (χ0) is 15.6. The van der Waals surface area contributed by atoms with E-state index in [0.717, 1.165) is 37.3 Å². The maximum Gasteiger partial charge on any atom is 0.244 e. The minimum absolute atomic E-state index is 0.00447. The van der Waals surface area contributed by atoms with Gasteiger partial charge in [-0.15, -0.1) is 0 Å². The van der Waals surface area contributed by atoms with Gasteiger partial charge in [-0.2, -0.15) is 0 Å². The second kappa shape index (κ2) is 9.29. The van der Waals surface area contributed by atoms with Crippen molar-refractivity contribution in [3.63, 3.8) is 0 Å². The van der Waals surface area contributed by atoms with Crippen LogP contribution in [0, 0.1) is 5.92 Å². The molecular weight excluding hydrogens is 274 g/mol. The first-order chi connectivity index (χ1) is 10.8. The van der Waals surface area contributed by atoms with Gasteiger partial charge in [0.25, 0.3) is 0 Å². The number of unbranched alkanes of at least 4 members (excludes halogenated alkanes) is 1. The molecule has 3 nitrogen and oxygen atoms in total. The summed E-state index contributed by atoms with van der Waals surface area (Å²) in [6.45, 7) is 3.72. The van der Waals surface area contributed by atoms with Crippen LogP contribution in [0.3, 0.4) is 0 Å². The second-order valence-corrected chi connectivity index (χ2v) is 6.00. The van der Waals surface area contributed by atoms with Crippen LogP contribution in [-0.4, -0.2) is 19.1 Å². The maximum atomic E-state index is 11.8. The fourth-order valence-corrected chi connectivity index (χ4v) is 2.70. The van der Waals surface area contributed by atoms with Crippen LogP contribution in [0.5, 0.6) is 5.75 Å².